The van der Waals surface area contributed by atoms with Gasteiger partial charge in [-0.2, -0.15) is 8.42 Å². The fourth-order valence-corrected chi connectivity index (χ4v) is 7.71. The summed E-state index contributed by atoms with van der Waals surface area (Å²) in [7, 11) is -2.54. The van der Waals surface area contributed by atoms with Crippen molar-refractivity contribution in [2.75, 3.05) is 26.9 Å². The minimum absolute atomic E-state index is 0.0106. The molecule has 236 valence electrons. The van der Waals surface area contributed by atoms with Crippen LogP contribution in [0.3, 0.4) is 0 Å². The quantitative estimate of drug-likeness (QED) is 0.275. The second-order valence-electron chi connectivity index (χ2n) is 13.3. The van der Waals surface area contributed by atoms with Crippen molar-refractivity contribution >= 4 is 33.3 Å². The van der Waals surface area contributed by atoms with Gasteiger partial charge in [0, 0.05) is 60.0 Å². The highest BCUT2D eigenvalue weighted by molar-refractivity contribution is 7.87. The van der Waals surface area contributed by atoms with E-state index in [1.165, 1.54) is 24.3 Å². The van der Waals surface area contributed by atoms with Gasteiger partial charge < -0.3 is 18.6 Å². The van der Waals surface area contributed by atoms with Gasteiger partial charge in [-0.15, -0.1) is 0 Å². The molecule has 44 heavy (non-hydrogen) atoms. The number of benzene rings is 2. The van der Waals surface area contributed by atoms with E-state index in [0.29, 0.717) is 60.6 Å². The van der Waals surface area contributed by atoms with Gasteiger partial charge in [-0.25, -0.2) is 0 Å². The molecule has 2 aliphatic carbocycles. The zero-order chi connectivity index (χ0) is 32.0. The van der Waals surface area contributed by atoms with Crippen molar-refractivity contribution in [3.63, 3.8) is 0 Å². The van der Waals surface area contributed by atoms with Gasteiger partial charge >= 0.3 is 10.1 Å². The third kappa shape index (κ3) is 6.32. The molecule has 0 N–H and O–H groups in total. The number of ketones is 2. The topological polar surface area (TPSA) is 99.2 Å². The lowest BCUT2D eigenvalue weighted by atomic mass is 9.63. The maximum atomic E-state index is 14.0. The number of carbonyl (C=O) groups excluding carboxylic acids is 2. The van der Waals surface area contributed by atoms with Crippen LogP contribution < -0.4 is 8.92 Å². The molecule has 0 saturated carbocycles. The molecule has 0 spiro atoms. The van der Waals surface area contributed by atoms with Crippen molar-refractivity contribution in [1.29, 1.82) is 0 Å². The smallest absolute Gasteiger partial charge is 0.339 e. The molecule has 0 unspecified atom stereocenters. The molecule has 1 aliphatic heterocycles. The molecular formula is C34H40ClNO7S. The summed E-state index contributed by atoms with van der Waals surface area (Å²) < 4.78 is 43.2. The van der Waals surface area contributed by atoms with E-state index in [4.69, 9.17) is 25.3 Å². The van der Waals surface area contributed by atoms with E-state index in [-0.39, 0.29) is 45.4 Å². The van der Waals surface area contributed by atoms with Crippen LogP contribution in [0.2, 0.25) is 5.02 Å². The summed E-state index contributed by atoms with van der Waals surface area (Å²) in [6, 6.07) is 10.7. The summed E-state index contributed by atoms with van der Waals surface area (Å²) in [5.74, 6) is -0.362. The lowest BCUT2D eigenvalue weighted by Gasteiger charge is -2.49. The molecule has 3 aliphatic rings. The molecule has 2 aromatic carbocycles. The normalized spacial score (nSPS) is 20.0. The fourth-order valence-electron chi connectivity index (χ4n) is 6.64. The zero-order valence-electron chi connectivity index (χ0n) is 26.2. The van der Waals surface area contributed by atoms with Crippen LogP contribution in [-0.4, -0.2) is 51.8 Å². The first kappa shape index (κ1) is 32.3. The van der Waals surface area contributed by atoms with Crippen LogP contribution >= 0.6 is 11.6 Å². The minimum Gasteiger partial charge on any atom is -0.490 e. The summed E-state index contributed by atoms with van der Waals surface area (Å²) in [5, 5.41) is 0.403. The van der Waals surface area contributed by atoms with Crippen LogP contribution in [0, 0.1) is 10.8 Å². The highest BCUT2D eigenvalue weighted by atomic mass is 35.5. The Morgan fingerprint density at radius 1 is 0.864 bits per heavy atom. The summed E-state index contributed by atoms with van der Waals surface area (Å²) in [5.41, 5.74) is 3.29. The number of ether oxygens (including phenoxy) is 2. The molecule has 0 saturated heterocycles. The number of carbonyl (C=O) groups is 2. The van der Waals surface area contributed by atoms with Crippen LogP contribution in [0.5, 0.6) is 11.5 Å². The number of nitrogens with zero attached hydrogens (tertiary/aromatic N) is 1. The fraction of sp³-hybridized carbons (Fsp3) is 0.471. The molecule has 0 bridgehead atoms. The van der Waals surface area contributed by atoms with E-state index in [0.717, 1.165) is 11.4 Å². The Labute approximate surface area is 265 Å². The van der Waals surface area contributed by atoms with Crippen LogP contribution in [0.25, 0.3) is 0 Å². The lowest BCUT2D eigenvalue weighted by molar-refractivity contribution is -0.119. The van der Waals surface area contributed by atoms with Crippen LogP contribution in [0.4, 0.5) is 0 Å². The summed E-state index contributed by atoms with van der Waals surface area (Å²) in [6.45, 7) is 11.4. The average Bonchev–Trinajstić information content (AvgIpc) is 2.91. The van der Waals surface area contributed by atoms with Crippen molar-refractivity contribution in [2.45, 2.75) is 71.1 Å². The molecule has 8 nitrogen and oxygen atoms in total. The highest BCUT2D eigenvalue weighted by Crippen LogP contribution is 2.55. The second kappa shape index (κ2) is 12.0. The summed E-state index contributed by atoms with van der Waals surface area (Å²) in [4.78, 5) is 30.1. The van der Waals surface area contributed by atoms with E-state index in [2.05, 4.69) is 32.6 Å². The van der Waals surface area contributed by atoms with E-state index in [9.17, 15) is 18.0 Å². The van der Waals surface area contributed by atoms with E-state index in [1.54, 1.807) is 32.2 Å². The van der Waals surface area contributed by atoms with Crippen molar-refractivity contribution in [3.8, 4) is 11.5 Å². The highest BCUT2D eigenvalue weighted by Gasteiger charge is 2.49. The molecule has 0 atom stereocenters. The maximum Gasteiger partial charge on any atom is 0.339 e. The van der Waals surface area contributed by atoms with Gasteiger partial charge in [-0.1, -0.05) is 45.4 Å². The Morgan fingerprint density at radius 3 is 1.95 bits per heavy atom. The van der Waals surface area contributed by atoms with Crippen molar-refractivity contribution < 1.29 is 31.7 Å². The van der Waals surface area contributed by atoms with Gasteiger partial charge in [-0.05, 0) is 72.6 Å². The first-order chi connectivity index (χ1) is 20.7. The number of allylic oxidation sites excluding steroid dienone is 4. The predicted octanol–water partition coefficient (Wildman–Crippen LogP) is 6.84. The Morgan fingerprint density at radius 2 is 1.43 bits per heavy atom. The van der Waals surface area contributed by atoms with Gasteiger partial charge in [0.15, 0.2) is 23.1 Å². The van der Waals surface area contributed by atoms with E-state index < -0.39 is 16.0 Å². The zero-order valence-corrected chi connectivity index (χ0v) is 27.7. The minimum atomic E-state index is -4.19. The second-order valence-corrected chi connectivity index (χ2v) is 15.3. The average molecular weight is 642 g/mol. The summed E-state index contributed by atoms with van der Waals surface area (Å²) >= 11 is 5.94. The monoisotopic (exact) mass is 641 g/mol. The maximum absolute atomic E-state index is 14.0. The molecule has 0 aromatic heterocycles. The molecule has 10 heteroatoms. The largest absolute Gasteiger partial charge is 0.490 e. The Kier molecular flexibility index (Phi) is 8.79. The standard InChI is InChI=1S/C34H40ClNO7S/c1-7-42-29-16-21(8-13-28(29)43-44(39,40)23-11-9-22(35)10-12-23)30-31-24(17-33(2,3)19-26(31)37)36(14-15-41-6)25-18-34(4,5)20-27(38)32(25)30/h8-13,16,30H,7,14-15,17-20H2,1-6H3. The van der Waals surface area contributed by atoms with Gasteiger partial charge in [0.05, 0.1) is 13.2 Å². The molecular weight excluding hydrogens is 602 g/mol. The van der Waals surface area contributed by atoms with Gasteiger partial charge in [0.1, 0.15) is 4.90 Å². The van der Waals surface area contributed by atoms with Crippen LogP contribution in [-0.2, 0) is 24.4 Å². The van der Waals surface area contributed by atoms with Crippen LogP contribution in [0.15, 0.2) is 69.9 Å². The SMILES string of the molecule is CCOc1cc(C2C3=C(CC(C)(C)CC3=O)N(CCOC)C3=C2C(=O)CC(C)(C)C3)ccc1OS(=O)(=O)c1ccc(Cl)cc1. The van der Waals surface area contributed by atoms with E-state index >= 15 is 0 Å². The third-order valence-electron chi connectivity index (χ3n) is 8.44. The number of rotatable bonds is 9. The van der Waals surface area contributed by atoms with Crippen LogP contribution in [0.1, 0.15) is 71.8 Å². The Bertz CT molecular complexity index is 1600. The molecule has 5 rings (SSSR count). The van der Waals surface area contributed by atoms with Crippen molar-refractivity contribution in [1.82, 2.24) is 4.90 Å². The number of hydrogen-bond acceptors (Lipinski definition) is 8. The first-order valence-corrected chi connectivity index (χ1v) is 16.7. The Hall–Kier alpha value is -3.14. The molecule has 0 radical (unpaired) electrons. The number of hydrogen-bond donors (Lipinski definition) is 0. The van der Waals surface area contributed by atoms with Crippen molar-refractivity contribution in [2.24, 2.45) is 10.8 Å². The summed E-state index contributed by atoms with van der Waals surface area (Å²) in [6.07, 6.45) is 2.08. The number of Topliss-reactive ketones (excluding diaryl/α,β-unsaturated/α-hetero) is 2. The van der Waals surface area contributed by atoms with Gasteiger partial charge in [0.25, 0.3) is 0 Å². The van der Waals surface area contributed by atoms with Crippen molar-refractivity contribution in [3.05, 3.63) is 75.6 Å². The Balaban J connectivity index is 1.66. The van der Waals surface area contributed by atoms with Gasteiger partial charge in [0.2, 0.25) is 0 Å². The van der Waals surface area contributed by atoms with E-state index in [1.807, 2.05) is 0 Å². The number of methoxy groups -OCH3 is 1. The molecule has 0 fully saturated rings. The molecule has 0 amide bonds. The first-order valence-electron chi connectivity index (χ1n) is 14.9. The van der Waals surface area contributed by atoms with Gasteiger partial charge in [-0.3, -0.25) is 9.59 Å². The molecule has 2 aromatic rings. The third-order valence-corrected chi connectivity index (χ3v) is 9.94. The number of halogens is 1. The predicted molar refractivity (Wildman–Crippen MR) is 168 cm³/mol. The lowest BCUT2D eigenvalue weighted by Crippen LogP contribution is -2.45. The molecule has 1 heterocycles.